The Kier molecular flexibility index (Phi) is 4.00. The van der Waals surface area contributed by atoms with E-state index >= 15 is 0 Å². The van der Waals surface area contributed by atoms with Crippen molar-refractivity contribution in [3.05, 3.63) is 16.3 Å². The maximum atomic E-state index is 5.72. The first kappa shape index (κ1) is 10.9. The molecule has 2 N–H and O–H groups in total. The number of hydrogen-bond acceptors (Lipinski definition) is 4. The molecule has 2 heterocycles. The summed E-state index contributed by atoms with van der Waals surface area (Å²) in [4.78, 5) is 3.60. The summed E-state index contributed by atoms with van der Waals surface area (Å²) in [7, 11) is 0. The lowest BCUT2D eigenvalue weighted by Crippen LogP contribution is -2.25. The minimum absolute atomic E-state index is 0.580. The number of likely N-dealkylation sites (tertiary alicyclic amines) is 1. The van der Waals surface area contributed by atoms with Gasteiger partial charge in [-0.2, -0.15) is 0 Å². The Morgan fingerprint density at radius 2 is 2.20 bits per heavy atom. The van der Waals surface area contributed by atoms with Gasteiger partial charge >= 0.3 is 0 Å². The van der Waals surface area contributed by atoms with Crippen molar-refractivity contribution in [1.82, 2.24) is 4.90 Å². The van der Waals surface area contributed by atoms with Crippen molar-refractivity contribution in [1.29, 1.82) is 0 Å². The molecule has 0 atom stereocenters. The molecule has 1 fully saturated rings. The van der Waals surface area contributed by atoms with Crippen LogP contribution in [0.25, 0.3) is 0 Å². The molecule has 0 unspecified atom stereocenters. The van der Waals surface area contributed by atoms with Gasteiger partial charge in [0.05, 0.1) is 4.88 Å². The Labute approximate surface area is 94.8 Å². The largest absolute Gasteiger partial charge is 0.491 e. The van der Waals surface area contributed by atoms with Gasteiger partial charge in [-0.05, 0) is 37.4 Å². The van der Waals surface area contributed by atoms with Crippen LogP contribution in [0.2, 0.25) is 0 Å². The van der Waals surface area contributed by atoms with E-state index in [1.807, 2.05) is 11.4 Å². The predicted octanol–water partition coefficient (Wildman–Crippen LogP) is 1.68. The lowest BCUT2D eigenvalue weighted by Gasteiger charge is -2.14. The molecule has 0 spiro atoms. The molecule has 2 rings (SSSR count). The van der Waals surface area contributed by atoms with Gasteiger partial charge in [0.25, 0.3) is 0 Å². The minimum Gasteiger partial charge on any atom is -0.491 e. The summed E-state index contributed by atoms with van der Waals surface area (Å²) < 4.78 is 5.72. The molecule has 0 aliphatic carbocycles. The fourth-order valence-corrected chi connectivity index (χ4v) is 2.59. The second kappa shape index (κ2) is 5.49. The van der Waals surface area contributed by atoms with Crippen molar-refractivity contribution < 1.29 is 4.74 Å². The summed E-state index contributed by atoms with van der Waals surface area (Å²) in [5, 5.41) is 2.04. The van der Waals surface area contributed by atoms with Gasteiger partial charge in [-0.1, -0.05) is 0 Å². The summed E-state index contributed by atoms with van der Waals surface area (Å²) in [6.07, 6.45) is 2.68. The maximum absolute atomic E-state index is 5.72. The van der Waals surface area contributed by atoms with Crippen LogP contribution in [0.1, 0.15) is 17.7 Å². The van der Waals surface area contributed by atoms with Gasteiger partial charge < -0.3 is 10.5 Å². The first-order valence-electron chi connectivity index (χ1n) is 5.52. The fraction of sp³-hybridized carbons (Fsp3) is 0.636. The van der Waals surface area contributed by atoms with Gasteiger partial charge in [-0.15, -0.1) is 11.3 Å². The average molecular weight is 226 g/mol. The van der Waals surface area contributed by atoms with Crippen LogP contribution in [0.15, 0.2) is 11.4 Å². The summed E-state index contributed by atoms with van der Waals surface area (Å²) in [6, 6.07) is 2.01. The number of hydrogen-bond donors (Lipinski definition) is 1. The van der Waals surface area contributed by atoms with Crippen LogP contribution in [0.3, 0.4) is 0 Å². The fourth-order valence-electron chi connectivity index (χ4n) is 1.90. The lowest BCUT2D eigenvalue weighted by atomic mass is 10.4. The zero-order chi connectivity index (χ0) is 10.5. The van der Waals surface area contributed by atoms with E-state index in [-0.39, 0.29) is 0 Å². The zero-order valence-electron chi connectivity index (χ0n) is 8.95. The van der Waals surface area contributed by atoms with E-state index < -0.39 is 0 Å². The van der Waals surface area contributed by atoms with E-state index in [9.17, 15) is 0 Å². The highest BCUT2D eigenvalue weighted by atomic mass is 32.1. The summed E-state index contributed by atoms with van der Waals surface area (Å²) in [5.41, 5.74) is 5.61. The summed E-state index contributed by atoms with van der Waals surface area (Å²) in [5.74, 6) is 0.974. The second-order valence-electron chi connectivity index (χ2n) is 3.81. The third-order valence-corrected chi connectivity index (χ3v) is 3.68. The molecule has 4 heteroatoms. The molecular weight excluding hydrogens is 208 g/mol. The minimum atomic E-state index is 0.580. The second-order valence-corrected chi connectivity index (χ2v) is 4.81. The summed E-state index contributed by atoms with van der Waals surface area (Å²) in [6.45, 7) is 4.87. The molecule has 0 bridgehead atoms. The van der Waals surface area contributed by atoms with Crippen molar-refractivity contribution in [3.63, 3.8) is 0 Å². The first-order chi connectivity index (χ1) is 7.40. The molecule has 1 aliphatic heterocycles. The molecule has 1 aromatic rings. The molecule has 1 aromatic heterocycles. The van der Waals surface area contributed by atoms with E-state index in [2.05, 4.69) is 4.90 Å². The predicted molar refractivity (Wildman–Crippen MR) is 63.4 cm³/mol. The molecule has 0 radical (unpaired) electrons. The number of nitrogens with zero attached hydrogens (tertiary/aromatic N) is 1. The van der Waals surface area contributed by atoms with E-state index in [0.29, 0.717) is 6.54 Å². The van der Waals surface area contributed by atoms with Crippen LogP contribution in [0.4, 0.5) is 0 Å². The molecule has 1 saturated heterocycles. The van der Waals surface area contributed by atoms with E-state index in [1.165, 1.54) is 25.9 Å². The van der Waals surface area contributed by atoms with Gasteiger partial charge in [0.1, 0.15) is 12.4 Å². The number of ether oxygens (including phenoxy) is 1. The van der Waals surface area contributed by atoms with E-state index in [0.717, 1.165) is 23.8 Å². The Morgan fingerprint density at radius 3 is 2.93 bits per heavy atom. The third kappa shape index (κ3) is 2.93. The Bertz CT molecular complexity index is 295. The highest BCUT2D eigenvalue weighted by Gasteiger charge is 2.11. The van der Waals surface area contributed by atoms with Gasteiger partial charge in [0.2, 0.25) is 0 Å². The van der Waals surface area contributed by atoms with Gasteiger partial charge in [-0.3, -0.25) is 4.90 Å². The lowest BCUT2D eigenvalue weighted by molar-refractivity contribution is 0.237. The highest BCUT2D eigenvalue weighted by Crippen LogP contribution is 2.23. The number of thiophene rings is 1. The van der Waals surface area contributed by atoms with Crippen LogP contribution in [-0.4, -0.2) is 31.1 Å². The van der Waals surface area contributed by atoms with Gasteiger partial charge in [0, 0.05) is 13.1 Å². The molecular formula is C11H18N2OS. The number of nitrogens with two attached hydrogens (primary N) is 1. The Balaban J connectivity index is 1.73. The van der Waals surface area contributed by atoms with Crippen molar-refractivity contribution >= 4 is 11.3 Å². The molecule has 0 saturated carbocycles. The van der Waals surface area contributed by atoms with Crippen LogP contribution in [-0.2, 0) is 6.54 Å². The number of rotatable bonds is 5. The van der Waals surface area contributed by atoms with Gasteiger partial charge in [-0.25, -0.2) is 0 Å². The van der Waals surface area contributed by atoms with Crippen molar-refractivity contribution in [2.75, 3.05) is 26.2 Å². The van der Waals surface area contributed by atoms with Crippen molar-refractivity contribution in [2.24, 2.45) is 5.73 Å². The molecule has 0 aromatic carbocycles. The Morgan fingerprint density at radius 1 is 1.40 bits per heavy atom. The molecule has 0 amide bonds. The monoisotopic (exact) mass is 226 g/mol. The van der Waals surface area contributed by atoms with Crippen LogP contribution in [0, 0.1) is 0 Å². The highest BCUT2D eigenvalue weighted by molar-refractivity contribution is 7.10. The van der Waals surface area contributed by atoms with Crippen LogP contribution in [0.5, 0.6) is 5.75 Å². The average Bonchev–Trinajstić information content (AvgIpc) is 2.88. The SMILES string of the molecule is NCc1sccc1OCCN1CCCC1. The van der Waals surface area contributed by atoms with Gasteiger partial charge in [0.15, 0.2) is 0 Å². The third-order valence-electron chi connectivity index (χ3n) is 2.75. The van der Waals surface area contributed by atoms with Crippen molar-refractivity contribution in [3.8, 4) is 5.75 Å². The topological polar surface area (TPSA) is 38.5 Å². The van der Waals surface area contributed by atoms with E-state index in [1.54, 1.807) is 11.3 Å². The van der Waals surface area contributed by atoms with Crippen molar-refractivity contribution in [2.45, 2.75) is 19.4 Å². The summed E-state index contributed by atoms with van der Waals surface area (Å²) >= 11 is 1.67. The van der Waals surface area contributed by atoms with Crippen LogP contribution >= 0.6 is 11.3 Å². The maximum Gasteiger partial charge on any atom is 0.134 e. The molecule has 84 valence electrons. The smallest absolute Gasteiger partial charge is 0.134 e. The molecule has 1 aliphatic rings. The van der Waals surface area contributed by atoms with Crippen LogP contribution < -0.4 is 10.5 Å². The zero-order valence-corrected chi connectivity index (χ0v) is 9.76. The Hall–Kier alpha value is -0.580. The van der Waals surface area contributed by atoms with E-state index in [4.69, 9.17) is 10.5 Å². The quantitative estimate of drug-likeness (QED) is 0.830. The first-order valence-corrected chi connectivity index (χ1v) is 6.39. The molecule has 15 heavy (non-hydrogen) atoms. The normalized spacial score (nSPS) is 17.1. The molecule has 3 nitrogen and oxygen atoms in total. The standard InChI is InChI=1S/C11H18N2OS/c12-9-11-10(3-8-15-11)14-7-6-13-4-1-2-5-13/h3,8H,1-2,4-7,9,12H2.